The van der Waals surface area contributed by atoms with Crippen molar-refractivity contribution in [2.75, 3.05) is 0 Å². The van der Waals surface area contributed by atoms with Gasteiger partial charge in [0.05, 0.1) is 5.69 Å². The largest absolute Gasteiger partial charge is 0.485 e. The number of benzene rings is 1. The smallest absolute Gasteiger partial charge is 0.146 e. The lowest BCUT2D eigenvalue weighted by atomic mass is 10.2. The molecule has 4 rings (SSSR count). The number of ether oxygens (including phenoxy) is 1. The molecule has 0 aliphatic carbocycles. The van der Waals surface area contributed by atoms with Crippen LogP contribution in [0.5, 0.6) is 5.75 Å². The molecule has 0 atom stereocenters. The van der Waals surface area contributed by atoms with Gasteiger partial charge in [0.1, 0.15) is 23.5 Å². The minimum absolute atomic E-state index is 0.427. The molecule has 22 heavy (non-hydrogen) atoms. The van der Waals surface area contributed by atoms with E-state index in [4.69, 9.17) is 4.74 Å². The molecule has 1 aromatic carbocycles. The second-order valence-electron chi connectivity index (χ2n) is 5.32. The van der Waals surface area contributed by atoms with E-state index in [2.05, 4.69) is 29.2 Å². The summed E-state index contributed by atoms with van der Waals surface area (Å²) in [5.74, 6) is 0.784. The van der Waals surface area contributed by atoms with Crippen molar-refractivity contribution >= 4 is 16.6 Å². The first-order valence-corrected chi connectivity index (χ1v) is 7.20. The maximum Gasteiger partial charge on any atom is 0.146 e. The maximum atomic E-state index is 5.93. The van der Waals surface area contributed by atoms with Crippen LogP contribution in [0.15, 0.2) is 61.1 Å². The van der Waals surface area contributed by atoms with Gasteiger partial charge in [0, 0.05) is 24.0 Å². The van der Waals surface area contributed by atoms with Crippen LogP contribution in [0.1, 0.15) is 11.3 Å². The molecule has 4 aromatic rings. The molecule has 3 heterocycles. The van der Waals surface area contributed by atoms with Crippen molar-refractivity contribution in [3.8, 4) is 5.75 Å². The summed E-state index contributed by atoms with van der Waals surface area (Å²) in [4.78, 5) is 8.96. The van der Waals surface area contributed by atoms with Crippen LogP contribution in [0.4, 0.5) is 0 Å². The Morgan fingerprint density at radius 2 is 1.95 bits per heavy atom. The van der Waals surface area contributed by atoms with Gasteiger partial charge in [-0.15, -0.1) is 0 Å². The SMILES string of the molecule is Cc1ccc2nc(COc3cccc4cccnc34)cn2c1. The quantitative estimate of drug-likeness (QED) is 0.576. The third-order valence-electron chi connectivity index (χ3n) is 3.62. The van der Waals surface area contributed by atoms with Gasteiger partial charge in [0.15, 0.2) is 0 Å². The van der Waals surface area contributed by atoms with Gasteiger partial charge in [-0.3, -0.25) is 4.98 Å². The molecule has 4 nitrogen and oxygen atoms in total. The summed E-state index contributed by atoms with van der Waals surface area (Å²) in [5, 5.41) is 1.07. The molecule has 0 unspecified atom stereocenters. The highest BCUT2D eigenvalue weighted by molar-refractivity contribution is 5.84. The summed E-state index contributed by atoms with van der Waals surface area (Å²) in [7, 11) is 0. The topological polar surface area (TPSA) is 39.4 Å². The summed E-state index contributed by atoms with van der Waals surface area (Å²) in [6.07, 6.45) is 5.84. The van der Waals surface area contributed by atoms with E-state index in [9.17, 15) is 0 Å². The van der Waals surface area contributed by atoms with Crippen LogP contribution in [-0.4, -0.2) is 14.4 Å². The second kappa shape index (κ2) is 5.15. The van der Waals surface area contributed by atoms with Crippen molar-refractivity contribution in [2.24, 2.45) is 0 Å². The number of para-hydroxylation sites is 1. The van der Waals surface area contributed by atoms with Crippen molar-refractivity contribution in [2.45, 2.75) is 13.5 Å². The van der Waals surface area contributed by atoms with Crippen LogP contribution >= 0.6 is 0 Å². The Balaban J connectivity index is 1.62. The molecular weight excluding hydrogens is 274 g/mol. The number of imidazole rings is 1. The van der Waals surface area contributed by atoms with E-state index in [1.54, 1.807) is 6.20 Å². The van der Waals surface area contributed by atoms with E-state index in [0.29, 0.717) is 6.61 Å². The Hall–Kier alpha value is -2.88. The highest BCUT2D eigenvalue weighted by atomic mass is 16.5. The zero-order valence-corrected chi connectivity index (χ0v) is 12.2. The third-order valence-corrected chi connectivity index (χ3v) is 3.62. The standard InChI is InChI=1S/C18H15N3O/c1-13-7-8-17-20-15(11-21(17)10-13)12-22-16-6-2-4-14-5-3-9-19-18(14)16/h2-11H,12H2,1H3. The van der Waals surface area contributed by atoms with Crippen LogP contribution in [0, 0.1) is 6.92 Å². The first-order chi connectivity index (χ1) is 10.8. The van der Waals surface area contributed by atoms with Crippen molar-refractivity contribution in [1.82, 2.24) is 14.4 Å². The van der Waals surface area contributed by atoms with Gasteiger partial charge in [-0.2, -0.15) is 0 Å². The normalized spacial score (nSPS) is 11.1. The molecule has 0 aliphatic rings. The number of nitrogens with zero attached hydrogens (tertiary/aromatic N) is 3. The molecule has 4 heteroatoms. The van der Waals surface area contributed by atoms with Crippen molar-refractivity contribution < 1.29 is 4.74 Å². The molecule has 0 N–H and O–H groups in total. The lowest BCUT2D eigenvalue weighted by Crippen LogP contribution is -1.96. The maximum absolute atomic E-state index is 5.93. The second-order valence-corrected chi connectivity index (χ2v) is 5.32. The Kier molecular flexibility index (Phi) is 3.00. The van der Waals surface area contributed by atoms with Gasteiger partial charge in [-0.05, 0) is 30.7 Å². The van der Waals surface area contributed by atoms with Crippen LogP contribution in [0.25, 0.3) is 16.6 Å². The summed E-state index contributed by atoms with van der Waals surface area (Å²) in [6.45, 7) is 2.49. The molecular formula is C18H15N3O. The predicted molar refractivity (Wildman–Crippen MR) is 86.0 cm³/mol. The molecule has 108 valence electrons. The average Bonchev–Trinajstić information content (AvgIpc) is 2.95. The molecule has 0 aliphatic heterocycles. The fraction of sp³-hybridized carbons (Fsp3) is 0.111. The zero-order chi connectivity index (χ0) is 14.9. The third kappa shape index (κ3) is 2.29. The Morgan fingerprint density at radius 1 is 1.05 bits per heavy atom. The van der Waals surface area contributed by atoms with Gasteiger partial charge in [-0.1, -0.05) is 24.3 Å². The van der Waals surface area contributed by atoms with Gasteiger partial charge in [0.25, 0.3) is 0 Å². The van der Waals surface area contributed by atoms with E-state index in [1.807, 2.05) is 47.0 Å². The van der Waals surface area contributed by atoms with E-state index >= 15 is 0 Å². The molecule has 0 fully saturated rings. The number of fused-ring (bicyclic) bond motifs is 2. The van der Waals surface area contributed by atoms with E-state index in [1.165, 1.54) is 5.56 Å². The fourth-order valence-corrected chi connectivity index (χ4v) is 2.57. The summed E-state index contributed by atoms with van der Waals surface area (Å²) >= 11 is 0. The number of rotatable bonds is 3. The zero-order valence-electron chi connectivity index (χ0n) is 12.2. The first-order valence-electron chi connectivity index (χ1n) is 7.20. The molecule has 0 amide bonds. The lowest BCUT2D eigenvalue weighted by molar-refractivity contribution is 0.305. The van der Waals surface area contributed by atoms with E-state index < -0.39 is 0 Å². The van der Waals surface area contributed by atoms with Gasteiger partial charge >= 0.3 is 0 Å². The molecule has 0 saturated heterocycles. The fourth-order valence-electron chi connectivity index (χ4n) is 2.57. The predicted octanol–water partition coefficient (Wildman–Crippen LogP) is 3.77. The van der Waals surface area contributed by atoms with Crippen molar-refractivity contribution in [3.63, 3.8) is 0 Å². The van der Waals surface area contributed by atoms with Crippen molar-refractivity contribution in [3.05, 3.63) is 72.3 Å². The monoisotopic (exact) mass is 289 g/mol. The van der Waals surface area contributed by atoms with Crippen LogP contribution in [0.3, 0.4) is 0 Å². The lowest BCUT2D eigenvalue weighted by Gasteiger charge is -2.06. The van der Waals surface area contributed by atoms with Gasteiger partial charge < -0.3 is 9.14 Å². The molecule has 0 bridgehead atoms. The highest BCUT2D eigenvalue weighted by Gasteiger charge is 2.06. The number of pyridine rings is 2. The average molecular weight is 289 g/mol. The summed E-state index contributed by atoms with van der Waals surface area (Å²) in [6, 6.07) is 14.0. The number of aromatic nitrogens is 3. The Bertz CT molecular complexity index is 954. The minimum Gasteiger partial charge on any atom is -0.485 e. The number of hydrogen-bond acceptors (Lipinski definition) is 3. The summed E-state index contributed by atoms with van der Waals surface area (Å²) in [5.41, 5.74) is 3.92. The first kappa shape index (κ1) is 12.8. The Labute approximate surface area is 128 Å². The van der Waals surface area contributed by atoms with Crippen molar-refractivity contribution in [1.29, 1.82) is 0 Å². The van der Waals surface area contributed by atoms with E-state index in [-0.39, 0.29) is 0 Å². The highest BCUT2D eigenvalue weighted by Crippen LogP contribution is 2.23. The molecule has 0 spiro atoms. The molecule has 3 aromatic heterocycles. The van der Waals surface area contributed by atoms with Gasteiger partial charge in [-0.25, -0.2) is 4.98 Å². The van der Waals surface area contributed by atoms with Crippen LogP contribution < -0.4 is 4.74 Å². The number of aryl methyl sites for hydroxylation is 1. The molecule has 0 radical (unpaired) electrons. The minimum atomic E-state index is 0.427. The molecule has 0 saturated carbocycles. The van der Waals surface area contributed by atoms with Gasteiger partial charge in [0.2, 0.25) is 0 Å². The van der Waals surface area contributed by atoms with Crippen LogP contribution in [0.2, 0.25) is 0 Å². The number of hydrogen-bond donors (Lipinski definition) is 0. The Morgan fingerprint density at radius 3 is 2.91 bits per heavy atom. The summed E-state index contributed by atoms with van der Waals surface area (Å²) < 4.78 is 7.95. The van der Waals surface area contributed by atoms with E-state index in [0.717, 1.165) is 28.0 Å². The van der Waals surface area contributed by atoms with Crippen LogP contribution in [-0.2, 0) is 6.61 Å².